The Hall–Kier alpha value is -1.53. The van der Waals surface area contributed by atoms with Gasteiger partial charge in [-0.05, 0) is 65.2 Å². The molecule has 3 rings (SSSR count). The van der Waals surface area contributed by atoms with Crippen molar-refractivity contribution < 1.29 is 4.79 Å². The molecule has 1 aromatic heterocycles. The van der Waals surface area contributed by atoms with Crippen molar-refractivity contribution in [2.45, 2.75) is 58.2 Å². The van der Waals surface area contributed by atoms with E-state index in [1.807, 2.05) is 6.07 Å². The number of piperidine rings is 2. The van der Waals surface area contributed by atoms with Crippen molar-refractivity contribution >= 4 is 5.91 Å². The Morgan fingerprint density at radius 3 is 2.76 bits per heavy atom. The van der Waals surface area contributed by atoms with E-state index >= 15 is 0 Å². The molecule has 2 aliphatic rings. The van der Waals surface area contributed by atoms with Crippen LogP contribution in [0, 0.1) is 5.92 Å². The summed E-state index contributed by atoms with van der Waals surface area (Å²) in [5, 5.41) is 3.05. The Bertz CT molecular complexity index is 542. The smallest absolute Gasteiger partial charge is 0.224 e. The summed E-state index contributed by atoms with van der Waals surface area (Å²) in [7, 11) is 0. The van der Waals surface area contributed by atoms with Gasteiger partial charge in [-0.2, -0.15) is 0 Å². The molecule has 1 aromatic rings. The second kappa shape index (κ2) is 8.72. The Morgan fingerprint density at radius 1 is 1.28 bits per heavy atom. The van der Waals surface area contributed by atoms with Gasteiger partial charge in [0.2, 0.25) is 5.91 Å². The zero-order valence-electron chi connectivity index (χ0n) is 15.5. The molecule has 1 amide bonds. The molecule has 6 heteroatoms. The van der Waals surface area contributed by atoms with E-state index in [0.717, 1.165) is 31.6 Å². The first-order chi connectivity index (χ1) is 12.1. The molecule has 6 nitrogen and oxygen atoms in total. The van der Waals surface area contributed by atoms with E-state index in [1.54, 1.807) is 6.20 Å². The lowest BCUT2D eigenvalue weighted by Gasteiger charge is -2.43. The molecule has 138 valence electrons. The van der Waals surface area contributed by atoms with Gasteiger partial charge in [-0.3, -0.25) is 9.69 Å². The van der Waals surface area contributed by atoms with Gasteiger partial charge in [0, 0.05) is 24.8 Å². The fraction of sp³-hybridized carbons (Fsp3) is 0.737. The minimum Gasteiger partial charge on any atom is -0.350 e. The molecule has 3 heterocycles. The lowest BCUT2D eigenvalue weighted by Crippen LogP contribution is -2.51. The fourth-order valence-electron chi connectivity index (χ4n) is 4.06. The third kappa shape index (κ3) is 4.98. The van der Waals surface area contributed by atoms with E-state index in [9.17, 15) is 4.79 Å². The molecule has 25 heavy (non-hydrogen) atoms. The number of aromatic nitrogens is 2. The predicted molar refractivity (Wildman–Crippen MR) is 97.9 cm³/mol. The summed E-state index contributed by atoms with van der Waals surface area (Å²) >= 11 is 0. The predicted octanol–water partition coefficient (Wildman–Crippen LogP) is 1.68. The van der Waals surface area contributed by atoms with Crippen molar-refractivity contribution in [3.8, 4) is 0 Å². The second-order valence-electron chi connectivity index (χ2n) is 7.61. The molecule has 0 aromatic carbocycles. The van der Waals surface area contributed by atoms with Crippen LogP contribution in [-0.2, 0) is 11.3 Å². The number of carbonyl (C=O) groups excluding carboxylic acids is 1. The van der Waals surface area contributed by atoms with E-state index in [1.165, 1.54) is 32.3 Å². The second-order valence-corrected chi connectivity index (χ2v) is 7.61. The van der Waals surface area contributed by atoms with Crippen LogP contribution >= 0.6 is 0 Å². The van der Waals surface area contributed by atoms with Crippen molar-refractivity contribution in [2.24, 2.45) is 5.92 Å². The van der Waals surface area contributed by atoms with Crippen molar-refractivity contribution in [1.82, 2.24) is 25.1 Å². The van der Waals surface area contributed by atoms with Crippen LogP contribution in [0.25, 0.3) is 0 Å². The van der Waals surface area contributed by atoms with Crippen molar-refractivity contribution in [3.05, 3.63) is 24.3 Å². The van der Waals surface area contributed by atoms with Crippen LogP contribution in [-0.4, -0.2) is 63.9 Å². The molecule has 1 atom stereocenters. The van der Waals surface area contributed by atoms with Gasteiger partial charge in [-0.25, -0.2) is 9.97 Å². The molecule has 2 aliphatic heterocycles. The van der Waals surface area contributed by atoms with Crippen molar-refractivity contribution in [3.63, 3.8) is 0 Å². The molecular weight excluding hydrogens is 314 g/mol. The lowest BCUT2D eigenvalue weighted by molar-refractivity contribution is -0.127. The van der Waals surface area contributed by atoms with Crippen LogP contribution < -0.4 is 5.32 Å². The van der Waals surface area contributed by atoms with Crippen molar-refractivity contribution in [2.75, 3.05) is 26.2 Å². The first-order valence-corrected chi connectivity index (χ1v) is 9.64. The molecule has 0 spiro atoms. The Kier molecular flexibility index (Phi) is 6.37. The summed E-state index contributed by atoms with van der Waals surface area (Å²) in [5.41, 5.74) is 0.858. The number of likely N-dealkylation sites (tertiary alicyclic amines) is 2. The molecule has 0 unspecified atom stereocenters. The number of nitrogens with one attached hydrogen (secondary N) is 1. The maximum absolute atomic E-state index is 12.6. The highest BCUT2D eigenvalue weighted by molar-refractivity contribution is 5.78. The maximum atomic E-state index is 12.6. The van der Waals surface area contributed by atoms with Crippen LogP contribution in [0.15, 0.2) is 18.6 Å². The van der Waals surface area contributed by atoms with Gasteiger partial charge in [0.25, 0.3) is 0 Å². The molecule has 0 aliphatic carbocycles. The molecule has 0 bridgehead atoms. The molecule has 0 radical (unpaired) electrons. The SMILES string of the molecule is CC(C)N1CCC(N2CCC[C@H](C(=O)NCc3ccncn3)C2)CC1. The molecule has 2 saturated heterocycles. The Morgan fingerprint density at radius 2 is 2.08 bits per heavy atom. The van der Waals surface area contributed by atoms with E-state index < -0.39 is 0 Å². The molecule has 2 fully saturated rings. The normalized spacial score (nSPS) is 23.7. The zero-order chi connectivity index (χ0) is 17.6. The molecular formula is C19H31N5O. The summed E-state index contributed by atoms with van der Waals surface area (Å²) in [6.07, 6.45) is 7.81. The maximum Gasteiger partial charge on any atom is 0.224 e. The van der Waals surface area contributed by atoms with E-state index in [-0.39, 0.29) is 11.8 Å². The number of nitrogens with zero attached hydrogens (tertiary/aromatic N) is 4. The fourth-order valence-corrected chi connectivity index (χ4v) is 4.06. The molecule has 1 N–H and O–H groups in total. The standard InChI is InChI=1S/C19H31N5O/c1-15(2)23-10-6-18(7-11-23)24-9-3-4-16(13-24)19(25)21-12-17-5-8-20-14-22-17/h5,8,14-16,18H,3-4,6-7,9-13H2,1-2H3,(H,21,25)/t16-/m0/s1. The van der Waals surface area contributed by atoms with E-state index in [2.05, 4.69) is 38.9 Å². The van der Waals surface area contributed by atoms with Gasteiger partial charge in [0.15, 0.2) is 0 Å². The third-order valence-electron chi connectivity index (χ3n) is 5.66. The summed E-state index contributed by atoms with van der Waals surface area (Å²) in [6, 6.07) is 3.13. The minimum atomic E-state index is 0.110. The van der Waals surface area contributed by atoms with Crippen LogP contribution in [0.1, 0.15) is 45.2 Å². The van der Waals surface area contributed by atoms with Crippen LogP contribution in [0.3, 0.4) is 0 Å². The molecule has 0 saturated carbocycles. The number of rotatable bonds is 5. The van der Waals surface area contributed by atoms with Gasteiger partial charge in [-0.1, -0.05) is 0 Å². The first kappa shape index (κ1) is 18.3. The number of carbonyl (C=O) groups is 1. The topological polar surface area (TPSA) is 61.4 Å². The Labute approximate surface area is 151 Å². The zero-order valence-corrected chi connectivity index (χ0v) is 15.5. The first-order valence-electron chi connectivity index (χ1n) is 9.64. The highest BCUT2D eigenvalue weighted by atomic mass is 16.1. The van der Waals surface area contributed by atoms with Gasteiger partial charge >= 0.3 is 0 Å². The van der Waals surface area contributed by atoms with E-state index in [4.69, 9.17) is 0 Å². The van der Waals surface area contributed by atoms with E-state index in [0.29, 0.717) is 18.6 Å². The van der Waals surface area contributed by atoms with Gasteiger partial charge in [0.1, 0.15) is 6.33 Å². The number of hydrogen-bond acceptors (Lipinski definition) is 5. The average molecular weight is 345 g/mol. The highest BCUT2D eigenvalue weighted by Crippen LogP contribution is 2.24. The largest absolute Gasteiger partial charge is 0.350 e. The quantitative estimate of drug-likeness (QED) is 0.880. The number of hydrogen-bond donors (Lipinski definition) is 1. The summed E-state index contributed by atoms with van der Waals surface area (Å²) in [5.74, 6) is 0.279. The van der Waals surface area contributed by atoms with Crippen LogP contribution in [0.4, 0.5) is 0 Å². The minimum absolute atomic E-state index is 0.110. The average Bonchev–Trinajstić information content (AvgIpc) is 2.67. The summed E-state index contributed by atoms with van der Waals surface area (Å²) < 4.78 is 0. The summed E-state index contributed by atoms with van der Waals surface area (Å²) in [6.45, 7) is 9.46. The third-order valence-corrected chi connectivity index (χ3v) is 5.66. The van der Waals surface area contributed by atoms with Crippen molar-refractivity contribution in [1.29, 1.82) is 0 Å². The Balaban J connectivity index is 1.47. The van der Waals surface area contributed by atoms with Crippen LogP contribution in [0.5, 0.6) is 0 Å². The lowest BCUT2D eigenvalue weighted by atomic mass is 9.93. The van der Waals surface area contributed by atoms with Gasteiger partial charge < -0.3 is 10.2 Å². The highest BCUT2D eigenvalue weighted by Gasteiger charge is 2.31. The van der Waals surface area contributed by atoms with Gasteiger partial charge in [0.05, 0.1) is 18.2 Å². The monoisotopic (exact) mass is 345 g/mol. The number of amides is 1. The van der Waals surface area contributed by atoms with Gasteiger partial charge in [-0.15, -0.1) is 0 Å². The summed E-state index contributed by atoms with van der Waals surface area (Å²) in [4.78, 5) is 25.7. The van der Waals surface area contributed by atoms with Crippen LogP contribution in [0.2, 0.25) is 0 Å².